The lowest BCUT2D eigenvalue weighted by molar-refractivity contribution is -0.132. The molecule has 1 aromatic carbocycles. The maximum absolute atomic E-state index is 12.0. The summed E-state index contributed by atoms with van der Waals surface area (Å²) >= 11 is 6.75. The first kappa shape index (κ1) is 14.8. The third-order valence-corrected chi connectivity index (χ3v) is 4.25. The lowest BCUT2D eigenvalue weighted by Crippen LogP contribution is -2.33. The fraction of sp³-hybridized carbons (Fsp3) is 0.462. The predicted octanol–water partition coefficient (Wildman–Crippen LogP) is 2.43. The number of rotatable bonds is 4. The number of halogens is 2. The minimum Gasteiger partial charge on any atom is -0.483 e. The Morgan fingerprint density at radius 1 is 1.47 bits per heavy atom. The first-order valence-electron chi connectivity index (χ1n) is 6.06. The maximum atomic E-state index is 12.0. The summed E-state index contributed by atoms with van der Waals surface area (Å²) in [6.45, 7) is 1.50. The number of carbonyl (C=O) groups excluding carboxylic acids is 1. The van der Waals surface area contributed by atoms with Crippen LogP contribution in [0, 0.1) is 5.92 Å². The van der Waals surface area contributed by atoms with Crippen molar-refractivity contribution in [3.63, 3.8) is 0 Å². The molecule has 1 saturated heterocycles. The number of nitrogens with zero attached hydrogens (tertiary/aromatic N) is 1. The molecule has 1 atom stereocenters. The van der Waals surface area contributed by atoms with E-state index >= 15 is 0 Å². The van der Waals surface area contributed by atoms with Gasteiger partial charge < -0.3 is 14.7 Å². The predicted molar refractivity (Wildman–Crippen MR) is 79.1 cm³/mol. The number of aliphatic hydroxyl groups is 1. The van der Waals surface area contributed by atoms with Crippen molar-refractivity contribution >= 4 is 37.8 Å². The topological polar surface area (TPSA) is 49.8 Å². The van der Waals surface area contributed by atoms with Crippen LogP contribution in [0.25, 0.3) is 0 Å². The van der Waals surface area contributed by atoms with Crippen molar-refractivity contribution in [2.75, 3.05) is 26.3 Å². The van der Waals surface area contributed by atoms with Crippen LogP contribution in [0.5, 0.6) is 5.75 Å². The van der Waals surface area contributed by atoms with Gasteiger partial charge in [-0.2, -0.15) is 0 Å². The Balaban J connectivity index is 1.87. The van der Waals surface area contributed by atoms with Gasteiger partial charge in [-0.1, -0.05) is 15.9 Å². The fourth-order valence-electron chi connectivity index (χ4n) is 2.03. The third-order valence-electron chi connectivity index (χ3n) is 3.14. The van der Waals surface area contributed by atoms with E-state index in [0.29, 0.717) is 18.8 Å². The summed E-state index contributed by atoms with van der Waals surface area (Å²) in [5.41, 5.74) is 0. The summed E-state index contributed by atoms with van der Waals surface area (Å²) in [7, 11) is 0. The number of hydrogen-bond donors (Lipinski definition) is 1. The second-order valence-electron chi connectivity index (χ2n) is 4.54. The number of benzene rings is 1. The van der Waals surface area contributed by atoms with E-state index in [1.807, 2.05) is 18.2 Å². The van der Waals surface area contributed by atoms with Crippen molar-refractivity contribution in [1.82, 2.24) is 4.90 Å². The molecule has 0 radical (unpaired) electrons. The summed E-state index contributed by atoms with van der Waals surface area (Å²) in [6.07, 6.45) is 0.865. The van der Waals surface area contributed by atoms with Gasteiger partial charge in [-0.3, -0.25) is 4.79 Å². The second-order valence-corrected chi connectivity index (χ2v) is 6.31. The van der Waals surface area contributed by atoms with Crippen molar-refractivity contribution in [1.29, 1.82) is 0 Å². The van der Waals surface area contributed by atoms with Crippen LogP contribution in [0.3, 0.4) is 0 Å². The molecular formula is C13H15Br2NO3. The first-order valence-corrected chi connectivity index (χ1v) is 7.65. The van der Waals surface area contributed by atoms with E-state index in [9.17, 15) is 4.79 Å². The molecule has 19 heavy (non-hydrogen) atoms. The maximum Gasteiger partial charge on any atom is 0.260 e. The minimum absolute atomic E-state index is 0.0262. The molecule has 1 unspecified atom stereocenters. The van der Waals surface area contributed by atoms with Gasteiger partial charge >= 0.3 is 0 Å². The molecular weight excluding hydrogens is 378 g/mol. The van der Waals surface area contributed by atoms with Crippen LogP contribution in [-0.4, -0.2) is 42.2 Å². The highest BCUT2D eigenvalue weighted by Crippen LogP contribution is 2.28. The minimum atomic E-state index is -0.0363. The van der Waals surface area contributed by atoms with Gasteiger partial charge in [0.2, 0.25) is 0 Å². The molecule has 1 N–H and O–H groups in total. The molecule has 1 heterocycles. The van der Waals surface area contributed by atoms with E-state index in [0.717, 1.165) is 15.4 Å². The van der Waals surface area contributed by atoms with Gasteiger partial charge in [0.15, 0.2) is 6.61 Å². The van der Waals surface area contributed by atoms with Crippen LogP contribution in [0.15, 0.2) is 27.1 Å². The Labute approximate surface area is 129 Å². The van der Waals surface area contributed by atoms with Gasteiger partial charge in [0.05, 0.1) is 4.47 Å². The van der Waals surface area contributed by atoms with Crippen molar-refractivity contribution in [2.24, 2.45) is 5.92 Å². The molecule has 0 aromatic heterocycles. The van der Waals surface area contributed by atoms with Crippen LogP contribution >= 0.6 is 31.9 Å². The second kappa shape index (κ2) is 6.72. The number of carbonyl (C=O) groups is 1. The van der Waals surface area contributed by atoms with E-state index in [2.05, 4.69) is 31.9 Å². The molecule has 0 spiro atoms. The Kier molecular flexibility index (Phi) is 5.24. The zero-order valence-corrected chi connectivity index (χ0v) is 13.5. The number of ether oxygens (including phenoxy) is 1. The van der Waals surface area contributed by atoms with Crippen molar-refractivity contribution in [2.45, 2.75) is 6.42 Å². The van der Waals surface area contributed by atoms with Gasteiger partial charge in [-0.25, -0.2) is 0 Å². The lowest BCUT2D eigenvalue weighted by Gasteiger charge is -2.17. The van der Waals surface area contributed by atoms with Gasteiger partial charge in [-0.05, 0) is 40.5 Å². The zero-order chi connectivity index (χ0) is 13.8. The molecule has 1 amide bonds. The molecule has 4 nitrogen and oxygen atoms in total. The van der Waals surface area contributed by atoms with Gasteiger partial charge in [-0.15, -0.1) is 0 Å². The van der Waals surface area contributed by atoms with E-state index in [4.69, 9.17) is 9.84 Å². The largest absolute Gasteiger partial charge is 0.483 e. The average Bonchev–Trinajstić information content (AvgIpc) is 2.86. The Bertz CT molecular complexity index is 467. The molecule has 0 saturated carbocycles. The van der Waals surface area contributed by atoms with Crippen LogP contribution < -0.4 is 4.74 Å². The molecule has 2 rings (SSSR count). The van der Waals surface area contributed by atoms with Gasteiger partial charge in [0.25, 0.3) is 5.91 Å². The highest BCUT2D eigenvalue weighted by atomic mass is 79.9. The molecule has 0 bridgehead atoms. The normalized spacial score (nSPS) is 18.7. The van der Waals surface area contributed by atoms with Gasteiger partial charge in [0.1, 0.15) is 5.75 Å². The van der Waals surface area contributed by atoms with E-state index < -0.39 is 0 Å². The van der Waals surface area contributed by atoms with Crippen molar-refractivity contribution < 1.29 is 14.6 Å². The molecule has 1 aromatic rings. The highest BCUT2D eigenvalue weighted by Gasteiger charge is 2.25. The summed E-state index contributed by atoms with van der Waals surface area (Å²) in [4.78, 5) is 13.7. The molecule has 1 aliphatic rings. The summed E-state index contributed by atoms with van der Waals surface area (Å²) in [5.74, 6) is 0.823. The van der Waals surface area contributed by atoms with Crippen LogP contribution in [0.4, 0.5) is 0 Å². The monoisotopic (exact) mass is 391 g/mol. The average molecular weight is 393 g/mol. The molecule has 1 aliphatic heterocycles. The van der Waals surface area contributed by atoms with Crippen molar-refractivity contribution in [3.05, 3.63) is 27.1 Å². The molecule has 6 heteroatoms. The number of hydrogen-bond acceptors (Lipinski definition) is 3. The highest BCUT2D eigenvalue weighted by molar-refractivity contribution is 9.11. The molecule has 1 fully saturated rings. The van der Waals surface area contributed by atoms with Crippen LogP contribution in [0.2, 0.25) is 0 Å². The van der Waals surface area contributed by atoms with E-state index in [1.54, 1.807) is 4.90 Å². The Hall–Kier alpha value is -0.590. The quantitative estimate of drug-likeness (QED) is 0.856. The number of aliphatic hydroxyl groups excluding tert-OH is 1. The Morgan fingerprint density at radius 2 is 2.26 bits per heavy atom. The van der Waals surface area contributed by atoms with Crippen molar-refractivity contribution in [3.8, 4) is 5.75 Å². The standard InChI is InChI=1S/C13H15Br2NO3/c14-10-1-2-12(11(15)5-10)19-8-13(18)16-4-3-9(6-16)7-17/h1-2,5,9,17H,3-4,6-8H2. The van der Waals surface area contributed by atoms with Crippen LogP contribution in [0.1, 0.15) is 6.42 Å². The summed E-state index contributed by atoms with van der Waals surface area (Å²) in [6, 6.07) is 5.54. The number of amides is 1. The SMILES string of the molecule is O=C(COc1ccc(Br)cc1Br)N1CCC(CO)C1. The fourth-order valence-corrected chi connectivity index (χ4v) is 3.19. The molecule has 0 aliphatic carbocycles. The van der Waals surface area contributed by atoms with E-state index in [-0.39, 0.29) is 25.0 Å². The third kappa shape index (κ3) is 3.94. The Morgan fingerprint density at radius 3 is 2.89 bits per heavy atom. The van der Waals surface area contributed by atoms with E-state index in [1.165, 1.54) is 0 Å². The van der Waals surface area contributed by atoms with Gasteiger partial charge in [0, 0.05) is 30.1 Å². The zero-order valence-electron chi connectivity index (χ0n) is 10.3. The smallest absolute Gasteiger partial charge is 0.260 e. The van der Waals surface area contributed by atoms with Crippen LogP contribution in [-0.2, 0) is 4.79 Å². The first-order chi connectivity index (χ1) is 9.10. The summed E-state index contributed by atoms with van der Waals surface area (Å²) < 4.78 is 7.27. The number of likely N-dealkylation sites (tertiary alicyclic amines) is 1. The molecule has 104 valence electrons. The lowest BCUT2D eigenvalue weighted by atomic mass is 10.1. The summed E-state index contributed by atoms with van der Waals surface area (Å²) in [5, 5.41) is 9.06.